The number of benzene rings is 2. The molecule has 206 valence electrons. The maximum absolute atomic E-state index is 13.4. The number of primary amides is 1. The lowest BCUT2D eigenvalue weighted by Gasteiger charge is -2.25. The summed E-state index contributed by atoms with van der Waals surface area (Å²) in [6, 6.07) is 8.88. The van der Waals surface area contributed by atoms with Crippen LogP contribution in [0.1, 0.15) is 23.6 Å². The van der Waals surface area contributed by atoms with Crippen molar-refractivity contribution in [3.8, 4) is 5.75 Å². The van der Waals surface area contributed by atoms with Gasteiger partial charge in [-0.2, -0.15) is 0 Å². The molecule has 1 heterocycles. The average Bonchev–Trinajstić information content (AvgIpc) is 3.59. The molecule has 4 atom stereocenters. The zero-order valence-electron chi connectivity index (χ0n) is 21.1. The fourth-order valence-electron chi connectivity index (χ4n) is 4.83. The number of nitro benzene ring substituents is 1. The van der Waals surface area contributed by atoms with E-state index in [0.29, 0.717) is 19.4 Å². The number of hydrogen-bond acceptors (Lipinski definition) is 8. The minimum absolute atomic E-state index is 0.215. The molecule has 1 saturated heterocycles. The second-order valence-corrected chi connectivity index (χ2v) is 9.54. The molecule has 0 unspecified atom stereocenters. The van der Waals surface area contributed by atoms with Crippen LogP contribution >= 0.6 is 0 Å². The van der Waals surface area contributed by atoms with Gasteiger partial charge in [0.2, 0.25) is 11.8 Å². The Labute approximate surface area is 223 Å². The Morgan fingerprint density at radius 1 is 1.08 bits per heavy atom. The summed E-state index contributed by atoms with van der Waals surface area (Å²) >= 11 is 0. The Balaban J connectivity index is 1.53. The van der Waals surface area contributed by atoms with Crippen molar-refractivity contribution in [2.75, 3.05) is 6.54 Å². The van der Waals surface area contributed by atoms with Crippen molar-refractivity contribution in [2.24, 2.45) is 11.7 Å². The molecule has 0 spiro atoms. The summed E-state index contributed by atoms with van der Waals surface area (Å²) in [4.78, 5) is 61.2. The Hall–Kier alpha value is -4.52. The van der Waals surface area contributed by atoms with E-state index in [0.717, 1.165) is 23.3 Å². The maximum atomic E-state index is 13.4. The molecule has 4 amide bonds. The molecule has 0 bridgehead atoms. The fourth-order valence-corrected chi connectivity index (χ4v) is 4.83. The largest absolute Gasteiger partial charge is 0.502 e. The van der Waals surface area contributed by atoms with E-state index < -0.39 is 64.3 Å². The predicted octanol–water partition coefficient (Wildman–Crippen LogP) is -0.384. The molecule has 13 heteroatoms. The van der Waals surface area contributed by atoms with Gasteiger partial charge < -0.3 is 31.5 Å². The van der Waals surface area contributed by atoms with Crippen molar-refractivity contribution < 1.29 is 33.9 Å². The number of aromatic hydroxyl groups is 1. The normalized spacial score (nSPS) is 19.3. The van der Waals surface area contributed by atoms with Crippen LogP contribution < -0.4 is 21.7 Å². The van der Waals surface area contributed by atoms with Gasteiger partial charge in [-0.15, -0.1) is 0 Å². The molecule has 13 nitrogen and oxygen atoms in total. The number of carbonyl (C=O) groups is 4. The lowest BCUT2D eigenvalue weighted by atomic mass is 9.95. The van der Waals surface area contributed by atoms with E-state index in [9.17, 15) is 34.4 Å². The quantitative estimate of drug-likeness (QED) is 0.144. The number of amides is 4. The van der Waals surface area contributed by atoms with Gasteiger partial charge in [-0.1, -0.05) is 30.3 Å². The molecule has 2 aromatic rings. The smallest absolute Gasteiger partial charge is 0.310 e. The molecule has 1 fully saturated rings. The van der Waals surface area contributed by atoms with Crippen LogP contribution in [0.5, 0.6) is 5.75 Å². The van der Waals surface area contributed by atoms with E-state index in [4.69, 9.17) is 10.5 Å². The standard InChI is InChI=1S/C26H29N5O8/c1-2-28-25(35)21-22(39-21)26(36)29-17(9-13-7-8-19(32)18(10-13)31(37)38)24(34)30-20(23(27)33)16-11-14-5-3-4-6-15(14)12-16/h3-8,10,16-17,20-22,32H,2,9,11-12H2,1H3,(H2,27,33)(H,28,35)(H,29,36)(H,30,34)/t17-,20-,21+,22+/m1/s1. The third-order valence-electron chi connectivity index (χ3n) is 6.83. The summed E-state index contributed by atoms with van der Waals surface area (Å²) in [6.07, 6.45) is -1.28. The third-order valence-corrected chi connectivity index (χ3v) is 6.83. The highest BCUT2D eigenvalue weighted by Gasteiger charge is 2.51. The van der Waals surface area contributed by atoms with Crippen LogP contribution in [0.2, 0.25) is 0 Å². The number of ether oxygens (including phenoxy) is 1. The molecule has 1 aliphatic heterocycles. The molecular formula is C26H29N5O8. The highest BCUT2D eigenvalue weighted by Crippen LogP contribution is 2.30. The molecule has 1 aliphatic carbocycles. The van der Waals surface area contributed by atoms with Gasteiger partial charge in [0.15, 0.2) is 18.0 Å². The third kappa shape index (κ3) is 6.32. The minimum atomic E-state index is -1.30. The van der Waals surface area contributed by atoms with E-state index in [1.807, 2.05) is 24.3 Å². The van der Waals surface area contributed by atoms with Crippen LogP contribution in [0.3, 0.4) is 0 Å². The Morgan fingerprint density at radius 3 is 2.31 bits per heavy atom. The Bertz CT molecular complexity index is 1290. The fraction of sp³-hybridized carbons (Fsp3) is 0.385. The van der Waals surface area contributed by atoms with Crippen LogP contribution in [-0.2, 0) is 43.2 Å². The second-order valence-electron chi connectivity index (χ2n) is 9.54. The lowest BCUT2D eigenvalue weighted by Crippen LogP contribution is -2.56. The number of likely N-dealkylation sites (N-methyl/N-ethyl adjacent to an activating group) is 1. The number of hydrogen-bond donors (Lipinski definition) is 5. The molecule has 2 aromatic carbocycles. The first-order chi connectivity index (χ1) is 18.6. The van der Waals surface area contributed by atoms with Crippen LogP contribution in [-0.4, -0.2) is 64.5 Å². The number of phenolic OH excluding ortho intramolecular Hbond substituents is 1. The number of nitro groups is 1. The van der Waals surface area contributed by atoms with Gasteiger partial charge in [0, 0.05) is 19.0 Å². The van der Waals surface area contributed by atoms with Crippen molar-refractivity contribution in [3.05, 3.63) is 69.3 Å². The lowest BCUT2D eigenvalue weighted by molar-refractivity contribution is -0.385. The summed E-state index contributed by atoms with van der Waals surface area (Å²) in [5.41, 5.74) is 7.44. The van der Waals surface area contributed by atoms with Gasteiger partial charge in [-0.05, 0) is 48.4 Å². The zero-order chi connectivity index (χ0) is 28.3. The number of epoxide rings is 1. The summed E-state index contributed by atoms with van der Waals surface area (Å²) in [7, 11) is 0. The van der Waals surface area contributed by atoms with Gasteiger partial charge >= 0.3 is 5.69 Å². The van der Waals surface area contributed by atoms with E-state index >= 15 is 0 Å². The molecule has 6 N–H and O–H groups in total. The van der Waals surface area contributed by atoms with Gasteiger partial charge in [0.05, 0.1) is 4.92 Å². The molecule has 39 heavy (non-hydrogen) atoms. The van der Waals surface area contributed by atoms with Gasteiger partial charge in [-0.25, -0.2) is 0 Å². The Kier molecular flexibility index (Phi) is 8.10. The van der Waals surface area contributed by atoms with E-state index in [1.54, 1.807) is 6.92 Å². The highest BCUT2D eigenvalue weighted by atomic mass is 16.6. The molecular weight excluding hydrogens is 510 g/mol. The summed E-state index contributed by atoms with van der Waals surface area (Å²) in [5, 5.41) is 28.8. The minimum Gasteiger partial charge on any atom is -0.502 e. The SMILES string of the molecule is CCNC(=O)[C@H]1O[C@@H]1C(=O)N[C@H](Cc1ccc(O)c([N+](=O)[O-])c1)C(=O)N[C@@H](C(N)=O)C1Cc2ccccc2C1. The van der Waals surface area contributed by atoms with E-state index in [1.165, 1.54) is 6.07 Å². The van der Waals surface area contributed by atoms with Crippen molar-refractivity contribution in [1.82, 2.24) is 16.0 Å². The van der Waals surface area contributed by atoms with Gasteiger partial charge in [0.25, 0.3) is 11.8 Å². The van der Waals surface area contributed by atoms with Crippen LogP contribution in [0.15, 0.2) is 42.5 Å². The summed E-state index contributed by atoms with van der Waals surface area (Å²) < 4.78 is 5.17. The van der Waals surface area contributed by atoms with Crippen LogP contribution in [0.4, 0.5) is 5.69 Å². The number of fused-ring (bicyclic) bond motifs is 1. The maximum Gasteiger partial charge on any atom is 0.310 e. The number of rotatable bonds is 11. The number of carbonyl (C=O) groups excluding carboxylic acids is 4. The van der Waals surface area contributed by atoms with Crippen LogP contribution in [0, 0.1) is 16.0 Å². The second kappa shape index (κ2) is 11.5. The molecule has 0 aromatic heterocycles. The number of nitrogens with two attached hydrogens (primary N) is 1. The van der Waals surface area contributed by atoms with Crippen molar-refractivity contribution in [3.63, 3.8) is 0 Å². The molecule has 4 rings (SSSR count). The van der Waals surface area contributed by atoms with Gasteiger partial charge in [0.1, 0.15) is 12.1 Å². The zero-order valence-corrected chi connectivity index (χ0v) is 21.1. The Morgan fingerprint density at radius 2 is 1.72 bits per heavy atom. The first-order valence-corrected chi connectivity index (χ1v) is 12.4. The van der Waals surface area contributed by atoms with Crippen molar-refractivity contribution >= 4 is 29.3 Å². The predicted molar refractivity (Wildman–Crippen MR) is 136 cm³/mol. The van der Waals surface area contributed by atoms with E-state index in [-0.39, 0.29) is 17.9 Å². The average molecular weight is 540 g/mol. The number of phenols is 1. The number of nitrogens with one attached hydrogen (secondary N) is 3. The van der Waals surface area contributed by atoms with Crippen molar-refractivity contribution in [2.45, 2.75) is 50.5 Å². The van der Waals surface area contributed by atoms with E-state index in [2.05, 4.69) is 16.0 Å². The summed E-state index contributed by atoms with van der Waals surface area (Å²) in [5.74, 6) is -3.54. The van der Waals surface area contributed by atoms with Crippen molar-refractivity contribution in [1.29, 1.82) is 0 Å². The first kappa shape index (κ1) is 27.5. The molecule has 2 aliphatic rings. The van der Waals surface area contributed by atoms with Gasteiger partial charge in [-0.3, -0.25) is 29.3 Å². The summed E-state index contributed by atoms with van der Waals surface area (Å²) in [6.45, 7) is 2.06. The monoisotopic (exact) mass is 539 g/mol. The first-order valence-electron chi connectivity index (χ1n) is 12.4. The molecule has 0 saturated carbocycles. The van der Waals surface area contributed by atoms with Crippen LogP contribution in [0.25, 0.3) is 0 Å². The highest BCUT2D eigenvalue weighted by molar-refractivity contribution is 5.97. The topological polar surface area (TPSA) is 206 Å². The number of nitrogens with zero attached hydrogens (tertiary/aromatic N) is 1. The molecule has 0 radical (unpaired) electrons.